The number of pyridine rings is 1. The van der Waals surface area contributed by atoms with Gasteiger partial charge >= 0.3 is 6.18 Å². The summed E-state index contributed by atoms with van der Waals surface area (Å²) in [5, 5.41) is 2.31. The van der Waals surface area contributed by atoms with Gasteiger partial charge in [-0.05, 0) is 12.1 Å². The van der Waals surface area contributed by atoms with E-state index >= 15 is 0 Å². The van der Waals surface area contributed by atoms with E-state index in [2.05, 4.69) is 10.3 Å². The number of hydrogen-bond donors (Lipinski definition) is 1. The number of ether oxygens (including phenoxy) is 1. The second-order valence-electron chi connectivity index (χ2n) is 7.15. The lowest BCUT2D eigenvalue weighted by Gasteiger charge is -2.37. The first-order valence-electron chi connectivity index (χ1n) is 8.20. The van der Waals surface area contributed by atoms with E-state index in [9.17, 15) is 26.4 Å². The van der Waals surface area contributed by atoms with Gasteiger partial charge in [-0.2, -0.15) is 13.2 Å². The molecule has 0 radical (unpaired) electrons. The maximum atomic E-state index is 12.8. The molecule has 11 heteroatoms. The van der Waals surface area contributed by atoms with Crippen LogP contribution in [-0.4, -0.2) is 42.8 Å². The quantitative estimate of drug-likeness (QED) is 0.807. The smallest absolute Gasteiger partial charge is 0.380 e. The van der Waals surface area contributed by atoms with E-state index in [1.165, 1.54) is 23.9 Å². The van der Waals surface area contributed by atoms with Crippen molar-refractivity contribution in [1.82, 2.24) is 9.55 Å². The van der Waals surface area contributed by atoms with Gasteiger partial charge in [0.2, 0.25) is 0 Å². The van der Waals surface area contributed by atoms with Gasteiger partial charge in [0.1, 0.15) is 5.69 Å². The highest BCUT2D eigenvalue weighted by atomic mass is 32.2. The minimum absolute atomic E-state index is 0.00833. The molecule has 0 aliphatic carbocycles. The molecule has 1 aliphatic rings. The summed E-state index contributed by atoms with van der Waals surface area (Å²) in [5.74, 6) is -0.869. The van der Waals surface area contributed by atoms with E-state index in [-0.39, 0.29) is 22.0 Å². The number of hydrogen-bond acceptors (Lipinski definition) is 5. The Hall–Kier alpha value is -2.40. The number of amides is 1. The Morgan fingerprint density at radius 1 is 1.32 bits per heavy atom. The molecule has 1 aliphatic heterocycles. The van der Waals surface area contributed by atoms with Gasteiger partial charge < -0.3 is 14.6 Å². The van der Waals surface area contributed by atoms with Gasteiger partial charge in [0.05, 0.1) is 41.3 Å². The molecule has 0 spiro atoms. The second kappa shape index (κ2) is 6.89. The van der Waals surface area contributed by atoms with Gasteiger partial charge in [-0.3, -0.25) is 9.78 Å². The van der Waals surface area contributed by atoms with Crippen LogP contribution in [0.15, 0.2) is 35.6 Å². The van der Waals surface area contributed by atoms with E-state index < -0.39 is 32.9 Å². The first kappa shape index (κ1) is 20.3. The van der Waals surface area contributed by atoms with E-state index in [1.807, 2.05) is 0 Å². The highest BCUT2D eigenvalue weighted by Crippen LogP contribution is 2.32. The molecular formula is C17H18F3N3O4S. The van der Waals surface area contributed by atoms with Crippen LogP contribution in [0.4, 0.5) is 18.9 Å². The molecule has 0 atom stereocenters. The van der Waals surface area contributed by atoms with Gasteiger partial charge in [0, 0.05) is 24.9 Å². The van der Waals surface area contributed by atoms with E-state index in [4.69, 9.17) is 4.74 Å². The van der Waals surface area contributed by atoms with Crippen molar-refractivity contribution in [2.45, 2.75) is 18.0 Å². The fourth-order valence-corrected chi connectivity index (χ4v) is 4.73. The lowest BCUT2D eigenvalue weighted by molar-refractivity contribution is -0.137. The fraction of sp³-hybridized carbons (Fsp3) is 0.412. The van der Waals surface area contributed by atoms with Gasteiger partial charge in [-0.1, -0.05) is 6.92 Å². The van der Waals surface area contributed by atoms with Gasteiger partial charge in [0.15, 0.2) is 9.84 Å². The number of carbonyl (C=O) groups excluding carboxylic acids is 1. The number of nitrogens with one attached hydrogen (secondary N) is 1. The summed E-state index contributed by atoms with van der Waals surface area (Å²) < 4.78 is 69.9. The lowest BCUT2D eigenvalue weighted by Crippen LogP contribution is -2.45. The highest BCUT2D eigenvalue weighted by molar-refractivity contribution is 7.91. The highest BCUT2D eigenvalue weighted by Gasteiger charge is 2.39. The Morgan fingerprint density at radius 3 is 2.57 bits per heavy atom. The van der Waals surface area contributed by atoms with E-state index in [0.717, 1.165) is 12.3 Å². The number of sulfone groups is 1. The van der Waals surface area contributed by atoms with Crippen molar-refractivity contribution in [2.24, 2.45) is 12.5 Å². The third-order valence-electron chi connectivity index (χ3n) is 4.33. The normalized spacial score (nSPS) is 16.5. The minimum atomic E-state index is -4.60. The number of anilines is 1. The molecule has 7 nitrogen and oxygen atoms in total. The van der Waals surface area contributed by atoms with Crippen LogP contribution >= 0.6 is 0 Å². The summed E-state index contributed by atoms with van der Waals surface area (Å²) >= 11 is 0. The molecule has 2 aromatic heterocycles. The molecule has 2 aromatic rings. The predicted octanol–water partition coefficient (Wildman–Crippen LogP) is 2.50. The fourth-order valence-electron chi connectivity index (χ4n) is 2.86. The zero-order valence-electron chi connectivity index (χ0n) is 15.1. The van der Waals surface area contributed by atoms with Crippen molar-refractivity contribution in [3.05, 3.63) is 42.0 Å². The number of rotatable bonds is 5. The van der Waals surface area contributed by atoms with Crippen LogP contribution < -0.4 is 5.32 Å². The summed E-state index contributed by atoms with van der Waals surface area (Å²) in [6.07, 6.45) is -1.57. The molecule has 3 heterocycles. The number of halogens is 3. The molecule has 0 aromatic carbocycles. The van der Waals surface area contributed by atoms with Crippen LogP contribution in [-0.2, 0) is 27.8 Å². The summed E-state index contributed by atoms with van der Waals surface area (Å²) in [6, 6.07) is 1.96. The van der Waals surface area contributed by atoms with Gasteiger partial charge in [-0.15, -0.1) is 0 Å². The molecule has 0 unspecified atom stereocenters. The maximum Gasteiger partial charge on any atom is 0.417 e. The molecule has 1 fully saturated rings. The molecule has 28 heavy (non-hydrogen) atoms. The van der Waals surface area contributed by atoms with Crippen LogP contribution in [0.1, 0.15) is 23.0 Å². The average Bonchev–Trinajstić information content (AvgIpc) is 2.95. The van der Waals surface area contributed by atoms with Crippen molar-refractivity contribution in [3.63, 3.8) is 0 Å². The van der Waals surface area contributed by atoms with Crippen LogP contribution in [0.5, 0.6) is 0 Å². The molecular weight excluding hydrogens is 399 g/mol. The summed E-state index contributed by atoms with van der Waals surface area (Å²) in [7, 11) is -2.18. The molecule has 0 saturated carbocycles. The molecule has 1 saturated heterocycles. The van der Waals surface area contributed by atoms with Crippen LogP contribution in [0, 0.1) is 5.41 Å². The zero-order chi connectivity index (χ0) is 20.7. The van der Waals surface area contributed by atoms with Crippen molar-refractivity contribution in [3.8, 4) is 0 Å². The third kappa shape index (κ3) is 4.20. The maximum absolute atomic E-state index is 12.8. The number of alkyl halides is 3. The molecule has 0 bridgehead atoms. The molecule has 152 valence electrons. The zero-order valence-corrected chi connectivity index (χ0v) is 15.9. The summed E-state index contributed by atoms with van der Waals surface area (Å²) in [5.41, 5.74) is -1.63. The SMILES string of the molecule is Cn1cc(S(=O)(=O)CC2(C)COC2)cc1C(=O)Nc1cncc(C(F)(F)F)c1. The molecule has 3 rings (SSSR count). The first-order valence-corrected chi connectivity index (χ1v) is 9.85. The Morgan fingerprint density at radius 2 is 2.00 bits per heavy atom. The largest absolute Gasteiger partial charge is 0.417 e. The molecule has 1 N–H and O–H groups in total. The van der Waals surface area contributed by atoms with E-state index in [0.29, 0.717) is 19.4 Å². The summed E-state index contributed by atoms with van der Waals surface area (Å²) in [4.78, 5) is 15.9. The number of nitrogens with zero attached hydrogens (tertiary/aromatic N) is 2. The van der Waals surface area contributed by atoms with Crippen molar-refractivity contribution < 1.29 is 31.1 Å². The standard InChI is InChI=1S/C17H18F3N3O4S/c1-16(8-27-9-16)10-28(25,26)13-4-14(23(2)7-13)15(24)22-12-3-11(5-21-6-12)17(18,19)20/h3-7H,8-10H2,1-2H3,(H,22,24). The van der Waals surface area contributed by atoms with Crippen molar-refractivity contribution in [1.29, 1.82) is 0 Å². The van der Waals surface area contributed by atoms with Crippen LogP contribution in [0.25, 0.3) is 0 Å². The lowest BCUT2D eigenvalue weighted by atomic mass is 9.92. The molecule has 1 amide bonds. The number of aromatic nitrogens is 2. The Balaban J connectivity index is 1.80. The van der Waals surface area contributed by atoms with Crippen LogP contribution in [0.2, 0.25) is 0 Å². The number of carbonyl (C=O) groups is 1. The average molecular weight is 417 g/mol. The predicted molar refractivity (Wildman–Crippen MR) is 93.6 cm³/mol. The van der Waals surface area contributed by atoms with Crippen molar-refractivity contribution in [2.75, 3.05) is 24.3 Å². The van der Waals surface area contributed by atoms with E-state index in [1.54, 1.807) is 6.92 Å². The number of aryl methyl sites for hydroxylation is 1. The van der Waals surface area contributed by atoms with Crippen molar-refractivity contribution >= 4 is 21.4 Å². The Bertz CT molecular complexity index is 1010. The first-order chi connectivity index (χ1) is 12.9. The van der Waals surface area contributed by atoms with Gasteiger partial charge in [0.25, 0.3) is 5.91 Å². The summed E-state index contributed by atoms with van der Waals surface area (Å²) in [6.45, 7) is 2.48. The third-order valence-corrected chi connectivity index (χ3v) is 6.35. The van der Waals surface area contributed by atoms with Crippen LogP contribution in [0.3, 0.4) is 0 Å². The monoisotopic (exact) mass is 417 g/mol. The minimum Gasteiger partial charge on any atom is -0.380 e. The Kier molecular flexibility index (Phi) is 5.00. The topological polar surface area (TPSA) is 90.3 Å². The second-order valence-corrected chi connectivity index (χ2v) is 9.14. The Labute approximate surface area is 159 Å². The van der Waals surface area contributed by atoms with Gasteiger partial charge in [-0.25, -0.2) is 8.42 Å².